The maximum absolute atomic E-state index is 11.9. The molecule has 11 nitrogen and oxygen atoms in total. The number of carbonyl (C=O) groups excluding carboxylic acids is 2. The Morgan fingerprint density at radius 2 is 1.54 bits per heavy atom. The predicted molar refractivity (Wildman–Crippen MR) is 76.7 cm³/mol. The smallest absolute Gasteiger partial charge is 0.329 e. The molecule has 0 aromatic heterocycles. The highest BCUT2D eigenvalue weighted by molar-refractivity contribution is 5.85. The third kappa shape index (κ3) is 6.02. The van der Waals surface area contributed by atoms with Crippen molar-refractivity contribution < 1.29 is 44.7 Å². The summed E-state index contributed by atoms with van der Waals surface area (Å²) in [5, 5.41) is 51.7. The van der Waals surface area contributed by atoms with Gasteiger partial charge in [0.1, 0.15) is 24.9 Å². The summed E-state index contributed by atoms with van der Waals surface area (Å²) in [6, 6.07) is 0. The van der Waals surface area contributed by atoms with Gasteiger partial charge in [-0.3, -0.25) is 9.59 Å². The van der Waals surface area contributed by atoms with E-state index in [1.165, 1.54) is 0 Å². The molecule has 1 aliphatic rings. The molecule has 2 unspecified atom stereocenters. The molecule has 0 bridgehead atoms. The fourth-order valence-electron chi connectivity index (χ4n) is 2.28. The molecule has 0 saturated heterocycles. The summed E-state index contributed by atoms with van der Waals surface area (Å²) < 4.78 is 4.56. The Kier molecular flexibility index (Phi) is 7.51. The summed E-state index contributed by atoms with van der Waals surface area (Å²) in [6.45, 7) is -1.08. The molecule has 0 aliphatic heterocycles. The third-order valence-corrected chi connectivity index (χ3v) is 3.50. The molecule has 7 N–H and O–H groups in total. The minimum Gasteiger partial charge on any atom is -0.480 e. The highest BCUT2D eigenvalue weighted by Gasteiger charge is 2.48. The van der Waals surface area contributed by atoms with E-state index in [1.807, 2.05) is 0 Å². The van der Waals surface area contributed by atoms with Crippen molar-refractivity contribution in [3.63, 3.8) is 0 Å². The molecule has 11 heteroatoms. The minimum absolute atomic E-state index is 0.00478. The van der Waals surface area contributed by atoms with E-state index < -0.39 is 67.8 Å². The number of aliphatic carboxylic acids is 1. The Morgan fingerprint density at radius 1 is 1.00 bits per heavy atom. The average molecular weight is 350 g/mol. The maximum atomic E-state index is 11.9. The number of hydrogen-bond donors (Lipinski definition) is 7. The zero-order valence-corrected chi connectivity index (χ0v) is 12.8. The lowest BCUT2D eigenvalue weighted by atomic mass is 9.79. The highest BCUT2D eigenvalue weighted by Crippen LogP contribution is 2.29. The standard InChI is InChI=1S/C13H22N2O9/c16-7-3-13(23,4-8(17)11(7)21)12(22)15-2-1-14-9(18)5-24-6-10(19)20/h7-8,11,16-17,21,23H,1-6H2,(H,14,18)(H,15,22)(H,19,20). The molecule has 24 heavy (non-hydrogen) atoms. The van der Waals surface area contributed by atoms with Crippen LogP contribution in [0.4, 0.5) is 0 Å². The van der Waals surface area contributed by atoms with E-state index in [-0.39, 0.29) is 13.1 Å². The summed E-state index contributed by atoms with van der Waals surface area (Å²) in [5.74, 6) is -2.62. The molecule has 0 spiro atoms. The van der Waals surface area contributed by atoms with Crippen molar-refractivity contribution in [3.8, 4) is 0 Å². The second-order valence-electron chi connectivity index (χ2n) is 5.56. The van der Waals surface area contributed by atoms with E-state index in [2.05, 4.69) is 15.4 Å². The Morgan fingerprint density at radius 3 is 2.08 bits per heavy atom. The molecule has 0 aromatic carbocycles. The molecule has 1 saturated carbocycles. The first-order valence-corrected chi connectivity index (χ1v) is 7.27. The van der Waals surface area contributed by atoms with Gasteiger partial charge in [0.15, 0.2) is 0 Å². The lowest BCUT2D eigenvalue weighted by molar-refractivity contribution is -0.172. The molecule has 0 radical (unpaired) electrons. The van der Waals surface area contributed by atoms with Crippen molar-refractivity contribution in [2.24, 2.45) is 0 Å². The topological polar surface area (TPSA) is 186 Å². The molecule has 2 atom stereocenters. The first kappa shape index (κ1) is 20.3. The second-order valence-corrected chi connectivity index (χ2v) is 5.56. The van der Waals surface area contributed by atoms with Crippen LogP contribution in [0.15, 0.2) is 0 Å². The molecule has 0 heterocycles. The molecule has 138 valence electrons. The van der Waals surface area contributed by atoms with Crippen LogP contribution in [0.5, 0.6) is 0 Å². The predicted octanol–water partition coefficient (Wildman–Crippen LogP) is -4.07. The fraction of sp³-hybridized carbons (Fsp3) is 0.769. The first-order valence-electron chi connectivity index (χ1n) is 7.27. The molecule has 1 rings (SSSR count). The van der Waals surface area contributed by atoms with E-state index in [0.717, 1.165) is 0 Å². The average Bonchev–Trinajstić information content (AvgIpc) is 2.48. The number of aliphatic hydroxyl groups excluding tert-OH is 3. The van der Waals surface area contributed by atoms with Crippen molar-refractivity contribution in [1.29, 1.82) is 0 Å². The van der Waals surface area contributed by atoms with E-state index in [9.17, 15) is 34.8 Å². The number of carbonyl (C=O) groups is 3. The van der Waals surface area contributed by atoms with Crippen molar-refractivity contribution >= 4 is 17.8 Å². The van der Waals surface area contributed by atoms with Crippen LogP contribution in [0, 0.1) is 0 Å². The van der Waals surface area contributed by atoms with Gasteiger partial charge >= 0.3 is 5.97 Å². The van der Waals surface area contributed by atoms with Gasteiger partial charge in [-0.15, -0.1) is 0 Å². The highest BCUT2D eigenvalue weighted by atomic mass is 16.5. The van der Waals surface area contributed by atoms with E-state index in [1.54, 1.807) is 0 Å². The van der Waals surface area contributed by atoms with E-state index in [4.69, 9.17) is 5.11 Å². The second kappa shape index (κ2) is 8.89. The maximum Gasteiger partial charge on any atom is 0.329 e. The normalized spacial score (nSPS) is 29.8. The number of ether oxygens (including phenoxy) is 1. The van der Waals surface area contributed by atoms with Crippen LogP contribution < -0.4 is 10.6 Å². The van der Waals surface area contributed by atoms with Gasteiger partial charge in [-0.2, -0.15) is 0 Å². The van der Waals surface area contributed by atoms with Gasteiger partial charge in [-0.1, -0.05) is 0 Å². The van der Waals surface area contributed by atoms with Crippen molar-refractivity contribution in [1.82, 2.24) is 10.6 Å². The summed E-state index contributed by atoms with van der Waals surface area (Å²) in [7, 11) is 0. The largest absolute Gasteiger partial charge is 0.480 e. The Hall–Kier alpha value is -1.79. The molecule has 2 amide bonds. The van der Waals surface area contributed by atoms with Crippen LogP contribution in [-0.4, -0.2) is 93.5 Å². The SMILES string of the molecule is O=C(O)COCC(=O)NCCNC(=O)C1(O)CC(O)C(O)C(O)C1. The van der Waals surface area contributed by atoms with Crippen LogP contribution >= 0.6 is 0 Å². The molecule has 0 aromatic rings. The van der Waals surface area contributed by atoms with Crippen LogP contribution in [0.3, 0.4) is 0 Å². The van der Waals surface area contributed by atoms with Crippen LogP contribution in [0.2, 0.25) is 0 Å². The number of rotatable bonds is 8. The zero-order chi connectivity index (χ0) is 18.3. The van der Waals surface area contributed by atoms with Gasteiger partial charge in [-0.25, -0.2) is 4.79 Å². The van der Waals surface area contributed by atoms with Crippen molar-refractivity contribution in [2.75, 3.05) is 26.3 Å². The fourth-order valence-corrected chi connectivity index (χ4v) is 2.28. The van der Waals surface area contributed by atoms with Gasteiger partial charge in [0.05, 0.1) is 12.2 Å². The van der Waals surface area contributed by atoms with Crippen LogP contribution in [0.1, 0.15) is 12.8 Å². The van der Waals surface area contributed by atoms with Gasteiger partial charge < -0.3 is 40.9 Å². The summed E-state index contributed by atoms with van der Waals surface area (Å²) in [6.07, 6.45) is -5.15. The van der Waals surface area contributed by atoms with Crippen molar-refractivity contribution in [3.05, 3.63) is 0 Å². The van der Waals surface area contributed by atoms with Crippen molar-refractivity contribution in [2.45, 2.75) is 36.8 Å². The number of aliphatic hydroxyl groups is 4. The van der Waals surface area contributed by atoms with Gasteiger partial charge in [-0.05, 0) is 0 Å². The van der Waals surface area contributed by atoms with Crippen LogP contribution in [-0.2, 0) is 19.1 Å². The molecule has 1 fully saturated rings. The van der Waals surface area contributed by atoms with Gasteiger partial charge in [0, 0.05) is 25.9 Å². The number of amides is 2. The van der Waals surface area contributed by atoms with E-state index in [0.29, 0.717) is 0 Å². The first-order chi connectivity index (χ1) is 11.2. The summed E-state index contributed by atoms with van der Waals surface area (Å²) in [5.41, 5.74) is -2.02. The zero-order valence-electron chi connectivity index (χ0n) is 12.8. The van der Waals surface area contributed by atoms with Gasteiger partial charge in [0.2, 0.25) is 5.91 Å². The summed E-state index contributed by atoms with van der Waals surface area (Å²) >= 11 is 0. The van der Waals surface area contributed by atoms with Gasteiger partial charge in [0.25, 0.3) is 5.91 Å². The third-order valence-electron chi connectivity index (χ3n) is 3.50. The lowest BCUT2D eigenvalue weighted by Gasteiger charge is -2.39. The molecular formula is C13H22N2O9. The molecule has 1 aliphatic carbocycles. The lowest BCUT2D eigenvalue weighted by Crippen LogP contribution is -2.59. The summed E-state index contributed by atoms with van der Waals surface area (Å²) in [4.78, 5) is 33.4. The Bertz CT molecular complexity index is 458. The number of carboxylic acid groups (broad SMARTS) is 1. The number of hydrogen-bond acceptors (Lipinski definition) is 8. The van der Waals surface area contributed by atoms with Crippen LogP contribution in [0.25, 0.3) is 0 Å². The quantitative estimate of drug-likeness (QED) is 0.214. The monoisotopic (exact) mass is 350 g/mol. The molecular weight excluding hydrogens is 328 g/mol. The minimum atomic E-state index is -2.02. The number of nitrogens with one attached hydrogen (secondary N) is 2. The Labute approximate surface area is 137 Å². The Balaban J connectivity index is 2.28. The number of carboxylic acids is 1. The van der Waals surface area contributed by atoms with E-state index >= 15 is 0 Å².